The number of aromatic hydroxyl groups is 1. The van der Waals surface area contributed by atoms with Crippen LogP contribution in [0.25, 0.3) is 10.9 Å². The van der Waals surface area contributed by atoms with Crippen LogP contribution in [0.2, 0.25) is 0 Å². The van der Waals surface area contributed by atoms with Crippen LogP contribution in [-0.4, -0.2) is 45.6 Å². The van der Waals surface area contributed by atoms with E-state index in [-0.39, 0.29) is 23.1 Å². The number of phenolic OH excluding ortho intramolecular Hbond substituents is 1. The van der Waals surface area contributed by atoms with E-state index < -0.39 is 11.2 Å². The summed E-state index contributed by atoms with van der Waals surface area (Å²) in [5.74, 6) is 0.426. The number of ketones is 1. The van der Waals surface area contributed by atoms with Crippen LogP contribution < -0.4 is 10.1 Å². The lowest BCUT2D eigenvalue weighted by molar-refractivity contribution is -0.112. The molecule has 2 aromatic carbocycles. The van der Waals surface area contributed by atoms with Crippen molar-refractivity contribution in [3.63, 3.8) is 0 Å². The summed E-state index contributed by atoms with van der Waals surface area (Å²) in [7, 11) is 0. The number of dihydropyridines is 1. The first-order valence-electron chi connectivity index (χ1n) is 15.6. The number of aromatic nitrogens is 1. The summed E-state index contributed by atoms with van der Waals surface area (Å²) < 4.78 is 8.62. The Morgan fingerprint density at radius 1 is 1.15 bits per heavy atom. The number of fused-ring (bicyclic) bond motifs is 1. The molecule has 1 aliphatic heterocycles. The number of rotatable bonds is 14. The molecule has 2 N–H and O–H groups in total. The van der Waals surface area contributed by atoms with Crippen molar-refractivity contribution >= 4 is 34.7 Å². The van der Waals surface area contributed by atoms with Crippen LogP contribution in [-0.2, 0) is 17.8 Å². The number of Topliss-reactive ketones (excluding diaryl/α,β-unsaturated/α-hetero) is 1. The Balaban J connectivity index is 1.76. The summed E-state index contributed by atoms with van der Waals surface area (Å²) in [6, 6.07) is 15.2. The molecule has 0 radical (unpaired) electrons. The third-order valence-electron chi connectivity index (χ3n) is 7.45. The van der Waals surface area contributed by atoms with Crippen molar-refractivity contribution < 1.29 is 14.6 Å². The summed E-state index contributed by atoms with van der Waals surface area (Å²) in [5, 5.41) is 23.4. The molecule has 244 valence electrons. The molecule has 1 aliphatic rings. The largest absolute Gasteiger partial charge is 0.508 e. The molecule has 0 aliphatic carbocycles. The molecule has 1 aromatic heterocycles. The lowest BCUT2D eigenvalue weighted by Gasteiger charge is -2.24. The number of hydrogen-bond donors (Lipinski definition) is 2. The molecule has 0 saturated heterocycles. The van der Waals surface area contributed by atoms with E-state index in [4.69, 9.17) is 10.00 Å². The average Bonchev–Trinajstić information content (AvgIpc) is 3.28. The maximum absolute atomic E-state index is 11.6. The first kappa shape index (κ1) is 35.1. The molecule has 4 rings (SSSR count). The Morgan fingerprint density at radius 2 is 1.89 bits per heavy atom. The Hall–Kier alpha value is -4.74. The van der Waals surface area contributed by atoms with Gasteiger partial charge in [-0.25, -0.2) is 0 Å². The lowest BCUT2D eigenvalue weighted by Crippen LogP contribution is -2.32. The number of aliphatic imine (C=N–C) groups is 1. The second-order valence-corrected chi connectivity index (χ2v) is 15.0. The minimum atomic E-state index is -0.560. The van der Waals surface area contributed by atoms with Gasteiger partial charge in [-0.05, 0) is 54.0 Å². The number of nitrogens with zero attached hydrogens (tertiary/aromatic N) is 3. The predicted molar refractivity (Wildman–Crippen MR) is 194 cm³/mol. The summed E-state index contributed by atoms with van der Waals surface area (Å²) in [5.41, 5.74) is 4.90. The molecule has 0 fully saturated rings. The molecule has 3 aromatic rings. The number of ether oxygens (including phenoxy) is 1. The van der Waals surface area contributed by atoms with Gasteiger partial charge >= 0.3 is 0 Å². The van der Waals surface area contributed by atoms with Crippen LogP contribution in [0.4, 0.5) is 0 Å². The van der Waals surface area contributed by atoms with Crippen LogP contribution in [0.15, 0.2) is 113 Å². The van der Waals surface area contributed by atoms with Gasteiger partial charge in [-0.3, -0.25) is 9.79 Å². The van der Waals surface area contributed by atoms with Crippen molar-refractivity contribution in [3.8, 4) is 17.6 Å². The maximum atomic E-state index is 11.6. The van der Waals surface area contributed by atoms with Gasteiger partial charge in [0.1, 0.15) is 30.7 Å². The zero-order chi connectivity index (χ0) is 34.2. The van der Waals surface area contributed by atoms with Crippen LogP contribution in [0.1, 0.15) is 45.9 Å². The zero-order valence-electron chi connectivity index (χ0n) is 27.9. The second kappa shape index (κ2) is 15.2. The minimum Gasteiger partial charge on any atom is -0.508 e. The van der Waals surface area contributed by atoms with Crippen molar-refractivity contribution in [2.24, 2.45) is 10.4 Å². The van der Waals surface area contributed by atoms with Gasteiger partial charge in [-0.15, -0.1) is 11.8 Å². The van der Waals surface area contributed by atoms with E-state index in [0.717, 1.165) is 44.1 Å². The Morgan fingerprint density at radius 3 is 2.55 bits per heavy atom. The molecular weight excluding hydrogens is 605 g/mol. The number of thioether (sulfide) groups is 1. The van der Waals surface area contributed by atoms with Gasteiger partial charge in [0.2, 0.25) is 0 Å². The summed E-state index contributed by atoms with van der Waals surface area (Å²) >= 11 is 1.81. The molecule has 0 bridgehead atoms. The highest BCUT2D eigenvalue weighted by molar-refractivity contribution is 8.00. The Bertz CT molecular complexity index is 1790. The van der Waals surface area contributed by atoms with E-state index in [9.17, 15) is 9.90 Å². The molecule has 1 unspecified atom stereocenters. The number of hydrogen-bond acceptors (Lipinski definition) is 7. The van der Waals surface area contributed by atoms with Crippen LogP contribution >= 0.6 is 11.8 Å². The van der Waals surface area contributed by atoms with Gasteiger partial charge in [-0.1, -0.05) is 90.3 Å². The molecule has 7 nitrogen and oxygen atoms in total. The lowest BCUT2D eigenvalue weighted by atomic mass is 9.89. The van der Waals surface area contributed by atoms with Gasteiger partial charge in [0.25, 0.3) is 5.78 Å². The first-order chi connectivity index (χ1) is 22.3. The third-order valence-corrected chi connectivity index (χ3v) is 8.72. The smallest absolute Gasteiger partial charge is 0.253 e. The number of carbonyl (C=O) groups is 1. The molecular formula is C39H44N4O3S. The summed E-state index contributed by atoms with van der Waals surface area (Å²) in [4.78, 5) is 17.1. The zero-order valence-corrected chi connectivity index (χ0v) is 28.7. The molecule has 47 heavy (non-hydrogen) atoms. The monoisotopic (exact) mass is 648 g/mol. The number of allylic oxidation sites excluding steroid dienone is 4. The van der Waals surface area contributed by atoms with E-state index >= 15 is 0 Å². The molecule has 0 saturated carbocycles. The highest BCUT2D eigenvalue weighted by Gasteiger charge is 2.28. The molecule has 0 spiro atoms. The van der Waals surface area contributed by atoms with Crippen LogP contribution in [0, 0.1) is 16.7 Å². The fraction of sp³-hybridized carbons (Fsp3) is 0.308. The van der Waals surface area contributed by atoms with E-state index in [2.05, 4.69) is 80.9 Å². The number of phenols is 1. The van der Waals surface area contributed by atoms with Crippen LogP contribution in [0.5, 0.6) is 11.5 Å². The number of carbonyl (C=O) groups excluding carboxylic acids is 1. The van der Waals surface area contributed by atoms with E-state index in [1.807, 2.05) is 54.3 Å². The fourth-order valence-corrected chi connectivity index (χ4v) is 6.51. The van der Waals surface area contributed by atoms with Crippen molar-refractivity contribution in [2.45, 2.75) is 63.3 Å². The van der Waals surface area contributed by atoms with E-state index in [1.165, 1.54) is 0 Å². The molecule has 2 heterocycles. The standard InChI is InChI=1S/C39H44N4O3S/c1-8-10-11-34-28(9-2)14-15-29(42-34)25-46-32-18-19-35-33(20-32)37(47-38(3,4)5)36(21-39(6,7)26-41-23-31(45)22-40)43(35)24-27-12-16-30(44)17-13-27/h8-20,26,34,42,44H,1-2,21,23-25H2,3-7H3/b11-10-,41-26?. The minimum absolute atomic E-state index is 0.00669. The number of nitrogens with one attached hydrogen (secondary N) is 1. The van der Waals surface area contributed by atoms with Crippen molar-refractivity contribution in [2.75, 3.05) is 13.2 Å². The molecule has 1 atom stereocenters. The average molecular weight is 649 g/mol. The number of benzene rings is 2. The molecule has 0 amide bonds. The number of nitriles is 1. The quantitative estimate of drug-likeness (QED) is 0.0793. The maximum Gasteiger partial charge on any atom is 0.253 e. The normalized spacial score (nSPS) is 15.3. The van der Waals surface area contributed by atoms with E-state index in [1.54, 1.807) is 30.5 Å². The van der Waals surface area contributed by atoms with Crippen molar-refractivity contribution in [3.05, 3.63) is 115 Å². The van der Waals surface area contributed by atoms with Gasteiger partial charge < -0.3 is 19.7 Å². The van der Waals surface area contributed by atoms with Gasteiger partial charge in [0, 0.05) is 50.1 Å². The fourth-order valence-electron chi connectivity index (χ4n) is 5.32. The Kier molecular flexibility index (Phi) is 11.4. The van der Waals surface area contributed by atoms with E-state index in [0.29, 0.717) is 19.6 Å². The third kappa shape index (κ3) is 9.63. The second-order valence-electron chi connectivity index (χ2n) is 13.2. The van der Waals surface area contributed by atoms with Crippen molar-refractivity contribution in [1.29, 1.82) is 5.26 Å². The highest BCUT2D eigenvalue weighted by atomic mass is 32.2. The molecule has 8 heteroatoms. The van der Waals surface area contributed by atoms with Crippen molar-refractivity contribution in [1.82, 2.24) is 9.88 Å². The van der Waals surface area contributed by atoms with Gasteiger partial charge in [-0.2, -0.15) is 5.26 Å². The SMILES string of the molecule is C=C/C=C\C1NC(COc2ccc3c(c2)c(SC(C)(C)C)c(CC(C)(C)C=NCC(=O)C#N)n3Cc2ccc(O)cc2)=CC=C1C=C. The highest BCUT2D eigenvalue weighted by Crippen LogP contribution is 2.44. The van der Waals surface area contributed by atoms with Crippen LogP contribution in [0.3, 0.4) is 0 Å². The van der Waals surface area contributed by atoms with Gasteiger partial charge in [0.05, 0.1) is 6.04 Å². The topological polar surface area (TPSA) is 99.6 Å². The first-order valence-corrected chi connectivity index (χ1v) is 16.4. The predicted octanol–water partition coefficient (Wildman–Crippen LogP) is 8.11. The summed E-state index contributed by atoms with van der Waals surface area (Å²) in [6.45, 7) is 19.3. The Labute approximate surface area is 282 Å². The summed E-state index contributed by atoms with van der Waals surface area (Å²) in [6.07, 6.45) is 14.1. The van der Waals surface area contributed by atoms with Gasteiger partial charge in [0.15, 0.2) is 0 Å².